The second-order valence-electron chi connectivity index (χ2n) is 7.77. The first-order valence-corrected chi connectivity index (χ1v) is 10.4. The topological polar surface area (TPSA) is 62.6 Å². The molecule has 1 aliphatic carbocycles. The number of nitrogens with one attached hydrogen (secondary N) is 1. The van der Waals surface area contributed by atoms with Crippen LogP contribution in [0.4, 0.5) is 11.4 Å². The predicted octanol–water partition coefficient (Wildman–Crippen LogP) is 4.88. The number of fused-ring (bicyclic) bond motifs is 2. The van der Waals surface area contributed by atoms with E-state index >= 15 is 0 Å². The second-order valence-corrected chi connectivity index (χ2v) is 8.18. The van der Waals surface area contributed by atoms with Crippen LogP contribution >= 0.6 is 11.6 Å². The Hall–Kier alpha value is -2.79. The minimum atomic E-state index is -0.130. The van der Waals surface area contributed by atoms with Gasteiger partial charge in [0.15, 0.2) is 0 Å². The highest BCUT2D eigenvalue weighted by Gasteiger charge is 2.24. The lowest BCUT2D eigenvalue weighted by Gasteiger charge is -2.18. The van der Waals surface area contributed by atoms with Crippen molar-refractivity contribution in [2.75, 3.05) is 16.8 Å². The smallest absolute Gasteiger partial charge is 0.228 e. The Kier molecular flexibility index (Phi) is 4.55. The van der Waals surface area contributed by atoms with E-state index in [4.69, 9.17) is 16.0 Å². The SMILES string of the molecule is O=C(Cc1coc2cc3c(cc12)CCC3)Nc1ccc(N2CCCC2=O)c(Cl)c1. The van der Waals surface area contributed by atoms with E-state index < -0.39 is 0 Å². The van der Waals surface area contributed by atoms with Crippen molar-refractivity contribution in [3.8, 4) is 0 Å². The minimum Gasteiger partial charge on any atom is -0.464 e. The van der Waals surface area contributed by atoms with E-state index in [1.54, 1.807) is 29.4 Å². The summed E-state index contributed by atoms with van der Waals surface area (Å²) in [6.45, 7) is 0.682. The van der Waals surface area contributed by atoms with E-state index in [1.165, 1.54) is 17.5 Å². The summed E-state index contributed by atoms with van der Waals surface area (Å²) in [6.07, 6.45) is 6.67. The zero-order valence-electron chi connectivity index (χ0n) is 16.0. The molecule has 148 valence electrons. The van der Waals surface area contributed by atoms with Gasteiger partial charge in [0, 0.05) is 29.6 Å². The molecule has 0 unspecified atom stereocenters. The monoisotopic (exact) mass is 408 g/mol. The number of hydrogen-bond acceptors (Lipinski definition) is 3. The number of nitrogens with zero attached hydrogens (tertiary/aromatic N) is 1. The summed E-state index contributed by atoms with van der Waals surface area (Å²) in [5.41, 5.74) is 5.76. The van der Waals surface area contributed by atoms with Crippen molar-refractivity contribution in [3.63, 3.8) is 0 Å². The highest BCUT2D eigenvalue weighted by molar-refractivity contribution is 6.34. The van der Waals surface area contributed by atoms with Crippen LogP contribution in [0.15, 0.2) is 41.0 Å². The lowest BCUT2D eigenvalue weighted by Crippen LogP contribution is -2.24. The molecule has 3 aromatic rings. The van der Waals surface area contributed by atoms with Crippen LogP contribution in [0.2, 0.25) is 5.02 Å². The second kappa shape index (κ2) is 7.23. The third-order valence-corrected chi connectivity index (χ3v) is 6.12. The van der Waals surface area contributed by atoms with Crippen molar-refractivity contribution in [2.45, 2.75) is 38.5 Å². The fourth-order valence-corrected chi connectivity index (χ4v) is 4.65. The van der Waals surface area contributed by atoms with E-state index in [0.29, 0.717) is 29.4 Å². The van der Waals surface area contributed by atoms with Crippen LogP contribution < -0.4 is 10.2 Å². The number of carbonyl (C=O) groups is 2. The minimum absolute atomic E-state index is 0.0852. The van der Waals surface area contributed by atoms with Crippen molar-refractivity contribution in [1.82, 2.24) is 0 Å². The van der Waals surface area contributed by atoms with E-state index in [0.717, 1.165) is 35.8 Å². The van der Waals surface area contributed by atoms with Crippen LogP contribution in [0.1, 0.15) is 36.0 Å². The number of rotatable bonds is 4. The number of anilines is 2. The number of aryl methyl sites for hydroxylation is 2. The zero-order chi connectivity index (χ0) is 20.0. The normalized spacial score (nSPS) is 15.9. The van der Waals surface area contributed by atoms with Crippen molar-refractivity contribution >= 4 is 45.8 Å². The Morgan fingerprint density at radius 3 is 2.69 bits per heavy atom. The summed E-state index contributed by atoms with van der Waals surface area (Å²) in [5.74, 6) is -0.0451. The molecule has 6 heteroatoms. The van der Waals surface area contributed by atoms with Crippen LogP contribution in [0.5, 0.6) is 0 Å². The molecule has 1 aromatic heterocycles. The Labute approximate surface area is 173 Å². The molecule has 5 nitrogen and oxygen atoms in total. The van der Waals surface area contributed by atoms with Crippen LogP contribution in [-0.2, 0) is 28.9 Å². The van der Waals surface area contributed by atoms with Gasteiger partial charge in [0.05, 0.1) is 23.4 Å². The van der Waals surface area contributed by atoms with Gasteiger partial charge in [-0.3, -0.25) is 9.59 Å². The molecule has 2 heterocycles. The molecule has 2 aromatic carbocycles. The van der Waals surface area contributed by atoms with Gasteiger partial charge in [-0.15, -0.1) is 0 Å². The van der Waals surface area contributed by atoms with Crippen molar-refractivity contribution in [2.24, 2.45) is 0 Å². The van der Waals surface area contributed by atoms with Crippen molar-refractivity contribution < 1.29 is 14.0 Å². The average Bonchev–Trinajstić information content (AvgIpc) is 3.41. The molecular formula is C23H21ClN2O3. The standard InChI is InChI=1S/C23H21ClN2O3/c24-19-12-17(6-7-20(19)26-8-2-5-23(26)28)25-22(27)11-16-13-29-21-10-15-4-1-3-14(15)9-18(16)21/h6-7,9-10,12-13H,1-5,8,11H2,(H,25,27). The lowest BCUT2D eigenvalue weighted by molar-refractivity contribution is -0.117. The van der Waals surface area contributed by atoms with Gasteiger partial charge in [-0.2, -0.15) is 0 Å². The van der Waals surface area contributed by atoms with Gasteiger partial charge in [0.2, 0.25) is 11.8 Å². The molecule has 0 saturated carbocycles. The molecule has 5 rings (SSSR count). The van der Waals surface area contributed by atoms with Gasteiger partial charge in [-0.1, -0.05) is 11.6 Å². The van der Waals surface area contributed by atoms with Gasteiger partial charge in [0.1, 0.15) is 5.58 Å². The van der Waals surface area contributed by atoms with Gasteiger partial charge < -0.3 is 14.6 Å². The molecule has 1 N–H and O–H groups in total. The van der Waals surface area contributed by atoms with E-state index in [-0.39, 0.29) is 18.2 Å². The third-order valence-electron chi connectivity index (χ3n) is 5.81. The Balaban J connectivity index is 1.31. The fraction of sp³-hybridized carbons (Fsp3) is 0.304. The average molecular weight is 409 g/mol. The number of benzene rings is 2. The molecule has 1 fully saturated rings. The molecule has 2 amide bonds. The van der Waals surface area contributed by atoms with E-state index in [9.17, 15) is 9.59 Å². The number of amides is 2. The number of furan rings is 1. The first-order chi connectivity index (χ1) is 14.1. The Morgan fingerprint density at radius 2 is 1.93 bits per heavy atom. The lowest BCUT2D eigenvalue weighted by atomic mass is 10.0. The maximum absolute atomic E-state index is 12.6. The first kappa shape index (κ1) is 18.3. The molecular weight excluding hydrogens is 388 g/mol. The van der Waals surface area contributed by atoms with E-state index in [1.807, 2.05) is 0 Å². The summed E-state index contributed by atoms with van der Waals surface area (Å²) in [4.78, 5) is 26.2. The summed E-state index contributed by atoms with van der Waals surface area (Å²) in [5, 5.41) is 4.37. The predicted molar refractivity (Wildman–Crippen MR) is 114 cm³/mol. The highest BCUT2D eigenvalue weighted by atomic mass is 35.5. The molecule has 29 heavy (non-hydrogen) atoms. The van der Waals surface area contributed by atoms with Gasteiger partial charge in [-0.05, 0) is 67.1 Å². The maximum atomic E-state index is 12.6. The van der Waals surface area contributed by atoms with Gasteiger partial charge in [0.25, 0.3) is 0 Å². The molecule has 0 radical (unpaired) electrons. The summed E-state index contributed by atoms with van der Waals surface area (Å²) < 4.78 is 5.69. The van der Waals surface area contributed by atoms with Crippen LogP contribution in [0, 0.1) is 0 Å². The fourth-order valence-electron chi connectivity index (χ4n) is 4.37. The zero-order valence-corrected chi connectivity index (χ0v) is 16.7. The summed E-state index contributed by atoms with van der Waals surface area (Å²) in [7, 11) is 0. The molecule has 1 aliphatic heterocycles. The summed E-state index contributed by atoms with van der Waals surface area (Å²) in [6, 6.07) is 9.54. The number of halogens is 1. The van der Waals surface area contributed by atoms with Crippen LogP contribution in [0.3, 0.4) is 0 Å². The molecule has 0 bridgehead atoms. The highest BCUT2D eigenvalue weighted by Crippen LogP contribution is 2.33. The first-order valence-electron chi connectivity index (χ1n) is 10.00. The number of hydrogen-bond donors (Lipinski definition) is 1. The summed E-state index contributed by atoms with van der Waals surface area (Å²) >= 11 is 6.37. The Morgan fingerprint density at radius 1 is 1.10 bits per heavy atom. The molecule has 2 aliphatic rings. The van der Waals surface area contributed by atoms with Gasteiger partial charge in [-0.25, -0.2) is 0 Å². The maximum Gasteiger partial charge on any atom is 0.228 e. The van der Waals surface area contributed by atoms with Crippen molar-refractivity contribution in [1.29, 1.82) is 0 Å². The van der Waals surface area contributed by atoms with Gasteiger partial charge >= 0.3 is 0 Å². The van der Waals surface area contributed by atoms with Crippen LogP contribution in [-0.4, -0.2) is 18.4 Å². The molecule has 1 saturated heterocycles. The largest absolute Gasteiger partial charge is 0.464 e. The van der Waals surface area contributed by atoms with Crippen molar-refractivity contribution in [3.05, 3.63) is 58.3 Å². The number of carbonyl (C=O) groups excluding carboxylic acids is 2. The quantitative estimate of drug-likeness (QED) is 0.669. The Bertz CT molecular complexity index is 1130. The van der Waals surface area contributed by atoms with Crippen LogP contribution in [0.25, 0.3) is 11.0 Å². The third kappa shape index (κ3) is 3.40. The molecule has 0 spiro atoms. The molecule has 0 atom stereocenters. The van der Waals surface area contributed by atoms with E-state index in [2.05, 4.69) is 17.4 Å².